The molecule has 3 heterocycles. The van der Waals surface area contributed by atoms with Crippen molar-refractivity contribution in [1.82, 2.24) is 4.98 Å². The van der Waals surface area contributed by atoms with Crippen LogP contribution in [-0.2, 0) is 0 Å². The van der Waals surface area contributed by atoms with Crippen molar-refractivity contribution in [2.45, 2.75) is 12.5 Å². The Morgan fingerprint density at radius 1 is 0.941 bits per heavy atom. The van der Waals surface area contributed by atoms with E-state index in [-0.39, 0.29) is 6.04 Å². The smallest absolute Gasteiger partial charge is 0.207 e. The number of rotatable bonds is 7. The van der Waals surface area contributed by atoms with Crippen LogP contribution in [0, 0.1) is 0 Å². The summed E-state index contributed by atoms with van der Waals surface area (Å²) >= 11 is 6.85. The molecule has 9 heteroatoms. The van der Waals surface area contributed by atoms with Gasteiger partial charge in [-0.3, -0.25) is 0 Å². The highest BCUT2D eigenvalue weighted by Crippen LogP contribution is 2.42. The third-order valence-corrected chi connectivity index (χ3v) is 8.01. The van der Waals surface area contributed by atoms with Crippen LogP contribution in [0.4, 0.5) is 5.13 Å². The van der Waals surface area contributed by atoms with Crippen LogP contribution in [-0.4, -0.2) is 32.0 Å². The fourth-order valence-corrected chi connectivity index (χ4v) is 6.02. The van der Waals surface area contributed by atoms with Gasteiger partial charge in [0.1, 0.15) is 5.75 Å². The van der Waals surface area contributed by atoms with Crippen molar-refractivity contribution < 1.29 is 14.2 Å². The Balaban J connectivity index is 1.52. The molecular formula is C25H22BrN3O3S2. The molecule has 0 unspecified atom stereocenters. The predicted molar refractivity (Wildman–Crippen MR) is 142 cm³/mol. The number of aromatic nitrogens is 1. The van der Waals surface area contributed by atoms with Crippen LogP contribution in [0.5, 0.6) is 17.2 Å². The average molecular weight is 557 g/mol. The van der Waals surface area contributed by atoms with Crippen LogP contribution < -0.4 is 19.2 Å². The average Bonchev–Trinajstić information content (AvgIpc) is 3.63. The molecule has 0 radical (unpaired) electrons. The number of thiazole rings is 1. The first-order chi connectivity index (χ1) is 16.6. The number of anilines is 1. The lowest BCUT2D eigenvalue weighted by Crippen LogP contribution is -2.18. The second-order valence-electron chi connectivity index (χ2n) is 7.57. The summed E-state index contributed by atoms with van der Waals surface area (Å²) in [6.45, 7) is 0. The van der Waals surface area contributed by atoms with Crippen molar-refractivity contribution in [2.75, 3.05) is 26.3 Å². The molecule has 0 spiro atoms. The monoisotopic (exact) mass is 555 g/mol. The van der Waals surface area contributed by atoms with Crippen LogP contribution in [0.2, 0.25) is 0 Å². The highest BCUT2D eigenvalue weighted by molar-refractivity contribution is 9.10. The molecule has 2 aromatic heterocycles. The van der Waals surface area contributed by atoms with Gasteiger partial charge in [-0.15, -0.1) is 22.7 Å². The van der Waals surface area contributed by atoms with E-state index >= 15 is 0 Å². The SMILES string of the molecule is COc1ccc(-c2csc(N3N=C(c4cccs4)C[C@@H]3c3ccc(OC)c(OC)c3)n2)cc1Br. The molecule has 0 aliphatic carbocycles. The van der Waals surface area contributed by atoms with Crippen LogP contribution in [0.1, 0.15) is 22.9 Å². The molecule has 5 rings (SSSR count). The number of methoxy groups -OCH3 is 3. The van der Waals surface area contributed by atoms with Gasteiger partial charge in [0, 0.05) is 17.4 Å². The molecule has 0 bridgehead atoms. The molecular weight excluding hydrogens is 534 g/mol. The zero-order chi connectivity index (χ0) is 23.7. The van der Waals surface area contributed by atoms with Gasteiger partial charge in [-0.2, -0.15) is 5.10 Å². The maximum absolute atomic E-state index is 5.56. The predicted octanol–water partition coefficient (Wildman–Crippen LogP) is 7.02. The van der Waals surface area contributed by atoms with Crippen LogP contribution >= 0.6 is 38.6 Å². The van der Waals surface area contributed by atoms with Gasteiger partial charge in [0.15, 0.2) is 11.5 Å². The number of thiophene rings is 1. The summed E-state index contributed by atoms with van der Waals surface area (Å²) in [5.74, 6) is 2.20. The molecule has 0 saturated heterocycles. The maximum atomic E-state index is 5.56. The quantitative estimate of drug-likeness (QED) is 0.245. The topological polar surface area (TPSA) is 56.2 Å². The van der Waals surface area contributed by atoms with Crippen molar-refractivity contribution in [1.29, 1.82) is 0 Å². The van der Waals surface area contributed by atoms with Gasteiger partial charge in [-0.05, 0) is 63.3 Å². The summed E-state index contributed by atoms with van der Waals surface area (Å²) in [6.07, 6.45) is 0.777. The standard InChI is InChI=1S/C25H22BrN3O3S2/c1-30-21-8-6-15(11-17(21)26)19-14-34-25(27-19)29-20(13-18(28-29)24-5-4-10-33-24)16-7-9-22(31-2)23(12-16)32-3/h4-12,14,20H,13H2,1-3H3/t20-/m1/s1. The van der Waals surface area contributed by atoms with Crippen molar-refractivity contribution in [3.05, 3.63) is 74.2 Å². The first-order valence-electron chi connectivity index (χ1n) is 10.5. The van der Waals surface area contributed by atoms with E-state index in [1.807, 2.05) is 35.3 Å². The van der Waals surface area contributed by atoms with Gasteiger partial charge >= 0.3 is 0 Å². The normalized spacial score (nSPS) is 15.4. The molecule has 4 aromatic rings. The highest BCUT2D eigenvalue weighted by atomic mass is 79.9. The lowest BCUT2D eigenvalue weighted by atomic mass is 10.0. The highest BCUT2D eigenvalue weighted by Gasteiger charge is 2.32. The van der Waals surface area contributed by atoms with Crippen molar-refractivity contribution in [3.8, 4) is 28.5 Å². The molecule has 0 saturated carbocycles. The summed E-state index contributed by atoms with van der Waals surface area (Å²) in [5, 5.41) is 12.0. The minimum Gasteiger partial charge on any atom is -0.496 e. The molecule has 174 valence electrons. The Labute approximate surface area is 214 Å². The molecule has 0 N–H and O–H groups in total. The number of hydrogen-bond donors (Lipinski definition) is 0. The van der Waals surface area contributed by atoms with Crippen LogP contribution in [0.3, 0.4) is 0 Å². The Hall–Kier alpha value is -2.88. The van der Waals surface area contributed by atoms with E-state index in [2.05, 4.69) is 44.9 Å². The summed E-state index contributed by atoms with van der Waals surface area (Å²) in [4.78, 5) is 6.12. The van der Waals surface area contributed by atoms with Gasteiger partial charge in [0.05, 0.1) is 48.1 Å². The Bertz CT molecular complexity index is 1340. The van der Waals surface area contributed by atoms with Gasteiger partial charge in [0.25, 0.3) is 0 Å². The largest absolute Gasteiger partial charge is 0.496 e. The zero-order valence-corrected chi connectivity index (χ0v) is 22.0. The number of hydrogen-bond acceptors (Lipinski definition) is 8. The maximum Gasteiger partial charge on any atom is 0.207 e. The fraction of sp³-hybridized carbons (Fsp3) is 0.200. The molecule has 0 fully saturated rings. The first-order valence-corrected chi connectivity index (χ1v) is 13.1. The van der Waals surface area contributed by atoms with E-state index in [1.54, 1.807) is 44.0 Å². The van der Waals surface area contributed by atoms with E-state index in [0.29, 0.717) is 11.5 Å². The van der Waals surface area contributed by atoms with Gasteiger partial charge in [-0.1, -0.05) is 12.1 Å². The van der Waals surface area contributed by atoms with E-state index in [1.165, 1.54) is 4.88 Å². The van der Waals surface area contributed by atoms with Gasteiger partial charge < -0.3 is 14.2 Å². The third kappa shape index (κ3) is 4.31. The van der Waals surface area contributed by atoms with Crippen molar-refractivity contribution >= 4 is 49.4 Å². The minimum atomic E-state index is -0.00138. The number of hydrazone groups is 1. The molecule has 2 aromatic carbocycles. The Morgan fingerprint density at radius 2 is 1.74 bits per heavy atom. The first kappa shape index (κ1) is 22.9. The third-order valence-electron chi connectivity index (χ3n) is 5.64. The van der Waals surface area contributed by atoms with Crippen LogP contribution in [0.15, 0.2) is 68.9 Å². The van der Waals surface area contributed by atoms with Gasteiger partial charge in [-0.25, -0.2) is 9.99 Å². The molecule has 34 heavy (non-hydrogen) atoms. The van der Waals surface area contributed by atoms with E-state index < -0.39 is 0 Å². The van der Waals surface area contributed by atoms with Crippen molar-refractivity contribution in [3.63, 3.8) is 0 Å². The zero-order valence-electron chi connectivity index (χ0n) is 18.8. The van der Waals surface area contributed by atoms with E-state index in [0.717, 1.165) is 44.3 Å². The lowest BCUT2D eigenvalue weighted by molar-refractivity contribution is 0.354. The molecule has 1 aliphatic rings. The molecule has 1 aliphatic heterocycles. The molecule has 0 amide bonds. The molecule has 6 nitrogen and oxygen atoms in total. The van der Waals surface area contributed by atoms with Crippen molar-refractivity contribution in [2.24, 2.45) is 5.10 Å². The second-order valence-corrected chi connectivity index (χ2v) is 10.2. The van der Waals surface area contributed by atoms with E-state index in [4.69, 9.17) is 24.3 Å². The van der Waals surface area contributed by atoms with Crippen LogP contribution in [0.25, 0.3) is 11.3 Å². The number of ether oxygens (including phenoxy) is 3. The molecule has 1 atom stereocenters. The number of nitrogens with zero attached hydrogens (tertiary/aromatic N) is 3. The summed E-state index contributed by atoms with van der Waals surface area (Å²) in [6, 6.07) is 16.2. The number of benzene rings is 2. The fourth-order valence-electron chi connectivity index (χ4n) is 3.93. The van der Waals surface area contributed by atoms with Gasteiger partial charge in [0.2, 0.25) is 5.13 Å². The summed E-state index contributed by atoms with van der Waals surface area (Å²) in [7, 11) is 4.96. The number of halogens is 1. The van der Waals surface area contributed by atoms with E-state index in [9.17, 15) is 0 Å². The summed E-state index contributed by atoms with van der Waals surface area (Å²) in [5.41, 5.74) is 4.06. The lowest BCUT2D eigenvalue weighted by Gasteiger charge is -2.22. The summed E-state index contributed by atoms with van der Waals surface area (Å²) < 4.78 is 17.2. The Kier molecular flexibility index (Phi) is 6.58. The second kappa shape index (κ2) is 9.77. The Morgan fingerprint density at radius 3 is 2.44 bits per heavy atom. The minimum absolute atomic E-state index is 0.00138.